The van der Waals surface area contributed by atoms with Crippen LogP contribution in [0.25, 0.3) is 5.69 Å². The Kier molecular flexibility index (Phi) is 3.78. The minimum atomic E-state index is 0.855. The van der Waals surface area contributed by atoms with Gasteiger partial charge in [-0.15, -0.1) is 0 Å². The first-order valence-electron chi connectivity index (χ1n) is 7.26. The van der Waals surface area contributed by atoms with E-state index in [2.05, 4.69) is 78.6 Å². The molecule has 0 radical (unpaired) electrons. The summed E-state index contributed by atoms with van der Waals surface area (Å²) in [6.07, 6.45) is 4.12. The normalized spacial score (nSPS) is 10.6. The summed E-state index contributed by atoms with van der Waals surface area (Å²) in [5.41, 5.74) is 6.37. The summed E-state index contributed by atoms with van der Waals surface area (Å²) in [6, 6.07) is 19.0. The Morgan fingerprint density at radius 3 is 2.24 bits per heavy atom. The van der Waals surface area contributed by atoms with Crippen molar-refractivity contribution in [1.82, 2.24) is 4.57 Å². The molecule has 0 aliphatic rings. The molecule has 0 spiro atoms. The van der Waals surface area contributed by atoms with Crippen molar-refractivity contribution in [2.45, 2.75) is 20.4 Å². The minimum Gasteiger partial charge on any atom is -0.381 e. The average Bonchev–Trinajstić information content (AvgIpc) is 3.01. The zero-order valence-corrected chi connectivity index (χ0v) is 12.5. The van der Waals surface area contributed by atoms with E-state index in [0.717, 1.165) is 12.2 Å². The van der Waals surface area contributed by atoms with Gasteiger partial charge in [0.25, 0.3) is 0 Å². The largest absolute Gasteiger partial charge is 0.381 e. The fourth-order valence-corrected chi connectivity index (χ4v) is 2.60. The minimum absolute atomic E-state index is 0.855. The maximum Gasteiger partial charge on any atom is 0.0469 e. The van der Waals surface area contributed by atoms with Crippen molar-refractivity contribution >= 4 is 5.69 Å². The number of nitrogens with one attached hydrogen (secondary N) is 1. The Hall–Kier alpha value is -2.48. The average molecular weight is 276 g/mol. The van der Waals surface area contributed by atoms with E-state index >= 15 is 0 Å². The van der Waals surface area contributed by atoms with Crippen LogP contribution in [0.2, 0.25) is 0 Å². The van der Waals surface area contributed by atoms with Crippen LogP contribution in [-0.2, 0) is 6.54 Å². The van der Waals surface area contributed by atoms with E-state index in [4.69, 9.17) is 0 Å². The van der Waals surface area contributed by atoms with E-state index < -0.39 is 0 Å². The van der Waals surface area contributed by atoms with Crippen LogP contribution in [0.4, 0.5) is 5.69 Å². The van der Waals surface area contributed by atoms with Gasteiger partial charge in [0.1, 0.15) is 0 Å². The Bertz CT molecular complexity index is 707. The molecule has 3 aromatic rings. The highest BCUT2D eigenvalue weighted by Crippen LogP contribution is 2.18. The van der Waals surface area contributed by atoms with E-state index in [9.17, 15) is 0 Å². The van der Waals surface area contributed by atoms with Crippen LogP contribution in [0, 0.1) is 13.8 Å². The molecule has 0 aliphatic heterocycles. The highest BCUT2D eigenvalue weighted by Gasteiger charge is 2.02. The molecule has 0 amide bonds. The highest BCUT2D eigenvalue weighted by molar-refractivity contribution is 5.52. The van der Waals surface area contributed by atoms with Gasteiger partial charge >= 0.3 is 0 Å². The fourth-order valence-electron chi connectivity index (χ4n) is 2.60. The van der Waals surface area contributed by atoms with E-state index in [1.165, 1.54) is 22.4 Å². The molecule has 0 saturated heterocycles. The standard InChI is InChI=1S/C19H20N2/c1-15-7-5-8-16(2)19(15)14-20-17-9-6-10-18(13-17)21-11-3-4-12-21/h3-13,20H,14H2,1-2H3. The molecule has 0 atom stereocenters. The molecule has 1 heterocycles. The second-order valence-corrected chi connectivity index (χ2v) is 5.36. The SMILES string of the molecule is Cc1cccc(C)c1CNc1cccc(-n2cccc2)c1. The zero-order valence-electron chi connectivity index (χ0n) is 12.5. The van der Waals surface area contributed by atoms with Crippen LogP contribution < -0.4 is 5.32 Å². The van der Waals surface area contributed by atoms with Crippen molar-refractivity contribution in [2.75, 3.05) is 5.32 Å². The quantitative estimate of drug-likeness (QED) is 0.730. The molecule has 0 bridgehead atoms. The molecule has 0 saturated carbocycles. The van der Waals surface area contributed by atoms with Gasteiger partial charge in [-0.1, -0.05) is 24.3 Å². The Morgan fingerprint density at radius 2 is 1.52 bits per heavy atom. The number of aryl methyl sites for hydroxylation is 2. The second-order valence-electron chi connectivity index (χ2n) is 5.36. The van der Waals surface area contributed by atoms with E-state index in [0.29, 0.717) is 0 Å². The number of anilines is 1. The summed E-state index contributed by atoms with van der Waals surface area (Å²) in [4.78, 5) is 0. The van der Waals surface area contributed by atoms with Gasteiger partial charge in [-0.25, -0.2) is 0 Å². The van der Waals surface area contributed by atoms with Gasteiger partial charge in [-0.3, -0.25) is 0 Å². The topological polar surface area (TPSA) is 17.0 Å². The van der Waals surface area contributed by atoms with Crippen molar-refractivity contribution in [1.29, 1.82) is 0 Å². The molecule has 1 N–H and O–H groups in total. The molecular formula is C19H20N2. The summed E-state index contributed by atoms with van der Waals surface area (Å²) in [5.74, 6) is 0. The molecule has 21 heavy (non-hydrogen) atoms. The van der Waals surface area contributed by atoms with Crippen LogP contribution in [0.5, 0.6) is 0 Å². The molecule has 106 valence electrons. The lowest BCUT2D eigenvalue weighted by atomic mass is 10.0. The van der Waals surface area contributed by atoms with E-state index in [-0.39, 0.29) is 0 Å². The molecular weight excluding hydrogens is 256 g/mol. The molecule has 0 fully saturated rings. The van der Waals surface area contributed by atoms with E-state index in [1.54, 1.807) is 0 Å². The van der Waals surface area contributed by atoms with Crippen LogP contribution in [0.3, 0.4) is 0 Å². The number of aromatic nitrogens is 1. The monoisotopic (exact) mass is 276 g/mol. The first-order valence-corrected chi connectivity index (χ1v) is 7.26. The van der Waals surface area contributed by atoms with Gasteiger partial charge in [0.15, 0.2) is 0 Å². The van der Waals surface area contributed by atoms with Gasteiger partial charge in [0.2, 0.25) is 0 Å². The van der Waals surface area contributed by atoms with Crippen molar-refractivity contribution < 1.29 is 0 Å². The lowest BCUT2D eigenvalue weighted by Crippen LogP contribution is -2.04. The molecule has 3 rings (SSSR count). The third-order valence-corrected chi connectivity index (χ3v) is 3.86. The van der Waals surface area contributed by atoms with Crippen molar-refractivity contribution in [3.63, 3.8) is 0 Å². The second kappa shape index (κ2) is 5.88. The molecule has 1 aromatic heterocycles. The summed E-state index contributed by atoms with van der Waals surface area (Å²) in [7, 11) is 0. The number of hydrogen-bond donors (Lipinski definition) is 1. The van der Waals surface area contributed by atoms with E-state index in [1.807, 2.05) is 12.1 Å². The Balaban J connectivity index is 1.78. The molecule has 0 aliphatic carbocycles. The van der Waals surface area contributed by atoms with Gasteiger partial charge < -0.3 is 9.88 Å². The fraction of sp³-hybridized carbons (Fsp3) is 0.158. The number of nitrogens with zero attached hydrogens (tertiary/aromatic N) is 1. The van der Waals surface area contributed by atoms with Crippen molar-refractivity contribution in [3.8, 4) is 5.69 Å². The van der Waals surface area contributed by atoms with Gasteiger partial charge in [-0.05, 0) is 60.9 Å². The number of rotatable bonds is 4. The lowest BCUT2D eigenvalue weighted by Gasteiger charge is -2.13. The first kappa shape index (κ1) is 13.5. The van der Waals surface area contributed by atoms with Gasteiger partial charge in [0.05, 0.1) is 0 Å². The van der Waals surface area contributed by atoms with Crippen LogP contribution >= 0.6 is 0 Å². The van der Waals surface area contributed by atoms with Crippen LogP contribution in [0.15, 0.2) is 67.0 Å². The summed E-state index contributed by atoms with van der Waals surface area (Å²) < 4.78 is 2.12. The molecule has 0 unspecified atom stereocenters. The third kappa shape index (κ3) is 3.00. The van der Waals surface area contributed by atoms with Crippen molar-refractivity contribution in [3.05, 3.63) is 83.7 Å². The maximum absolute atomic E-state index is 3.53. The molecule has 2 aromatic carbocycles. The predicted molar refractivity (Wildman–Crippen MR) is 89.0 cm³/mol. The smallest absolute Gasteiger partial charge is 0.0469 e. The summed E-state index contributed by atoms with van der Waals surface area (Å²) >= 11 is 0. The van der Waals surface area contributed by atoms with Crippen LogP contribution in [-0.4, -0.2) is 4.57 Å². The van der Waals surface area contributed by atoms with Crippen molar-refractivity contribution in [2.24, 2.45) is 0 Å². The number of hydrogen-bond acceptors (Lipinski definition) is 1. The zero-order chi connectivity index (χ0) is 14.7. The number of benzene rings is 2. The maximum atomic E-state index is 3.53. The molecule has 2 heteroatoms. The third-order valence-electron chi connectivity index (χ3n) is 3.86. The lowest BCUT2D eigenvalue weighted by molar-refractivity contribution is 1.06. The van der Waals surface area contributed by atoms with Gasteiger partial charge in [-0.2, -0.15) is 0 Å². The predicted octanol–water partition coefficient (Wildman–Crippen LogP) is 4.71. The Morgan fingerprint density at radius 1 is 0.857 bits per heavy atom. The first-order chi connectivity index (χ1) is 10.2. The summed E-state index contributed by atoms with van der Waals surface area (Å²) in [6.45, 7) is 5.19. The van der Waals surface area contributed by atoms with Crippen LogP contribution in [0.1, 0.15) is 16.7 Å². The molecule has 2 nitrogen and oxygen atoms in total. The highest BCUT2D eigenvalue weighted by atomic mass is 14.9. The Labute approximate surface area is 126 Å². The summed E-state index contributed by atoms with van der Waals surface area (Å²) in [5, 5.41) is 3.53. The van der Waals surface area contributed by atoms with Gasteiger partial charge in [0, 0.05) is 30.3 Å².